The summed E-state index contributed by atoms with van der Waals surface area (Å²) in [6.07, 6.45) is 3.82. The molecule has 0 aromatic heterocycles. The molecule has 1 aliphatic rings. The molecule has 144 valence electrons. The van der Waals surface area contributed by atoms with E-state index in [-0.39, 0.29) is 12.5 Å². The van der Waals surface area contributed by atoms with Crippen molar-refractivity contribution >= 4 is 23.0 Å². The molecule has 2 aromatic carbocycles. The molecule has 0 saturated carbocycles. The molecule has 2 aromatic rings. The molecule has 27 heavy (non-hydrogen) atoms. The molecule has 0 spiro atoms. The zero-order valence-electron chi connectivity index (χ0n) is 16.0. The number of anilines is 3. The third-order valence-corrected chi connectivity index (χ3v) is 4.71. The zero-order chi connectivity index (χ0) is 19.1. The predicted octanol–water partition coefficient (Wildman–Crippen LogP) is 3.74. The van der Waals surface area contributed by atoms with Gasteiger partial charge in [0, 0.05) is 36.2 Å². The molecule has 0 aliphatic carbocycles. The number of nitrogens with zero attached hydrogens (tertiary/aromatic N) is 1. The summed E-state index contributed by atoms with van der Waals surface area (Å²) in [5.74, 6) is 1.17. The van der Waals surface area contributed by atoms with Crippen LogP contribution in [0.25, 0.3) is 0 Å². The Bertz CT molecular complexity index is 756. The van der Waals surface area contributed by atoms with Gasteiger partial charge in [0.1, 0.15) is 0 Å². The average Bonchev–Trinajstić information content (AvgIpc) is 2.73. The van der Waals surface area contributed by atoms with Gasteiger partial charge in [0.05, 0.1) is 20.8 Å². The molecule has 1 fully saturated rings. The van der Waals surface area contributed by atoms with Crippen molar-refractivity contribution < 1.29 is 14.3 Å². The van der Waals surface area contributed by atoms with Gasteiger partial charge in [-0.25, -0.2) is 0 Å². The summed E-state index contributed by atoms with van der Waals surface area (Å²) in [7, 11) is 3.18. The lowest BCUT2D eigenvalue weighted by atomic mass is 10.1. The van der Waals surface area contributed by atoms with E-state index in [4.69, 9.17) is 9.47 Å². The Kier molecular flexibility index (Phi) is 6.41. The van der Waals surface area contributed by atoms with Gasteiger partial charge in [0.15, 0.2) is 11.5 Å². The number of rotatable bonds is 7. The molecule has 6 heteroatoms. The highest BCUT2D eigenvalue weighted by atomic mass is 16.5. The standard InChI is InChI=1S/C21H27N3O3/c1-26-19-11-8-17(14-20(19)27-2)22-15-21(25)23-16-6-9-18(10-7-16)24-12-4-3-5-13-24/h6-11,14,22H,3-5,12-13,15H2,1-2H3,(H,23,25). The SMILES string of the molecule is COc1ccc(NCC(=O)Nc2ccc(N3CCCCC3)cc2)cc1OC. The molecule has 1 amide bonds. The van der Waals surface area contributed by atoms with E-state index in [0.717, 1.165) is 24.5 Å². The molecular formula is C21H27N3O3. The molecule has 0 bridgehead atoms. The predicted molar refractivity (Wildman–Crippen MR) is 109 cm³/mol. The number of hydrogen-bond donors (Lipinski definition) is 2. The normalized spacial score (nSPS) is 13.8. The molecule has 2 N–H and O–H groups in total. The molecule has 0 atom stereocenters. The monoisotopic (exact) mass is 369 g/mol. The first-order valence-electron chi connectivity index (χ1n) is 9.30. The summed E-state index contributed by atoms with van der Waals surface area (Å²) in [6, 6.07) is 13.5. The van der Waals surface area contributed by atoms with Gasteiger partial charge >= 0.3 is 0 Å². The molecule has 3 rings (SSSR count). The first kappa shape index (κ1) is 18.9. The average molecular weight is 369 g/mol. The smallest absolute Gasteiger partial charge is 0.243 e. The molecule has 1 saturated heterocycles. The number of hydrogen-bond acceptors (Lipinski definition) is 5. The number of carbonyl (C=O) groups is 1. The highest BCUT2D eigenvalue weighted by Gasteiger charge is 2.11. The third kappa shape index (κ3) is 5.06. The van der Waals surface area contributed by atoms with E-state index in [1.807, 2.05) is 18.2 Å². The van der Waals surface area contributed by atoms with Crippen molar-refractivity contribution in [2.75, 3.05) is 49.4 Å². The summed E-state index contributed by atoms with van der Waals surface area (Å²) < 4.78 is 10.5. The van der Waals surface area contributed by atoms with Crippen LogP contribution in [0.15, 0.2) is 42.5 Å². The number of ether oxygens (including phenoxy) is 2. The van der Waals surface area contributed by atoms with Crippen molar-refractivity contribution in [3.05, 3.63) is 42.5 Å². The number of benzene rings is 2. The Morgan fingerprint density at radius 2 is 1.59 bits per heavy atom. The first-order valence-corrected chi connectivity index (χ1v) is 9.30. The lowest BCUT2D eigenvalue weighted by molar-refractivity contribution is -0.114. The van der Waals surface area contributed by atoms with Gasteiger partial charge < -0.3 is 25.0 Å². The summed E-state index contributed by atoms with van der Waals surface area (Å²) >= 11 is 0. The quantitative estimate of drug-likeness (QED) is 0.778. The fraction of sp³-hybridized carbons (Fsp3) is 0.381. The van der Waals surface area contributed by atoms with Crippen molar-refractivity contribution in [3.63, 3.8) is 0 Å². The van der Waals surface area contributed by atoms with Crippen molar-refractivity contribution in [3.8, 4) is 11.5 Å². The Morgan fingerprint density at radius 3 is 2.26 bits per heavy atom. The fourth-order valence-electron chi connectivity index (χ4n) is 3.24. The van der Waals surface area contributed by atoms with Crippen LogP contribution in [0.2, 0.25) is 0 Å². The van der Waals surface area contributed by atoms with Crippen LogP contribution >= 0.6 is 0 Å². The van der Waals surface area contributed by atoms with Crippen molar-refractivity contribution in [2.45, 2.75) is 19.3 Å². The van der Waals surface area contributed by atoms with Crippen molar-refractivity contribution in [1.82, 2.24) is 0 Å². The van der Waals surface area contributed by atoms with Crippen LogP contribution in [-0.2, 0) is 4.79 Å². The van der Waals surface area contributed by atoms with Crippen LogP contribution in [0.3, 0.4) is 0 Å². The maximum Gasteiger partial charge on any atom is 0.243 e. The van der Waals surface area contributed by atoms with Gasteiger partial charge in [-0.1, -0.05) is 0 Å². The highest BCUT2D eigenvalue weighted by Crippen LogP contribution is 2.29. The molecule has 0 unspecified atom stereocenters. The van der Waals surface area contributed by atoms with Crippen LogP contribution in [0.4, 0.5) is 17.1 Å². The van der Waals surface area contributed by atoms with Crippen LogP contribution in [-0.4, -0.2) is 39.8 Å². The van der Waals surface area contributed by atoms with Crippen molar-refractivity contribution in [1.29, 1.82) is 0 Å². The molecular weight excluding hydrogens is 342 g/mol. The van der Waals surface area contributed by atoms with Gasteiger partial charge in [-0.15, -0.1) is 0 Å². The zero-order valence-corrected chi connectivity index (χ0v) is 16.0. The van der Waals surface area contributed by atoms with E-state index in [0.29, 0.717) is 11.5 Å². The number of methoxy groups -OCH3 is 2. The van der Waals surface area contributed by atoms with Gasteiger partial charge in [-0.05, 0) is 55.7 Å². The van der Waals surface area contributed by atoms with E-state index in [9.17, 15) is 4.79 Å². The number of amides is 1. The van der Waals surface area contributed by atoms with E-state index in [2.05, 4.69) is 27.7 Å². The van der Waals surface area contributed by atoms with Gasteiger partial charge in [0.2, 0.25) is 5.91 Å². The minimum Gasteiger partial charge on any atom is -0.493 e. The third-order valence-electron chi connectivity index (χ3n) is 4.71. The maximum atomic E-state index is 12.2. The lowest BCUT2D eigenvalue weighted by Crippen LogP contribution is -2.29. The van der Waals surface area contributed by atoms with E-state index in [1.54, 1.807) is 26.4 Å². The summed E-state index contributed by atoms with van der Waals surface area (Å²) in [4.78, 5) is 14.6. The second-order valence-electron chi connectivity index (χ2n) is 6.57. The van der Waals surface area contributed by atoms with Gasteiger partial charge in [-0.3, -0.25) is 4.79 Å². The summed E-state index contributed by atoms with van der Waals surface area (Å²) in [5, 5.41) is 6.02. The Labute approximate surface area is 160 Å². The Hall–Kier alpha value is -2.89. The summed E-state index contributed by atoms with van der Waals surface area (Å²) in [5.41, 5.74) is 2.81. The fourth-order valence-corrected chi connectivity index (χ4v) is 3.24. The van der Waals surface area contributed by atoms with Crippen LogP contribution in [0.5, 0.6) is 11.5 Å². The summed E-state index contributed by atoms with van der Waals surface area (Å²) in [6.45, 7) is 2.39. The number of nitrogens with one attached hydrogen (secondary N) is 2. The molecule has 1 heterocycles. The van der Waals surface area contributed by atoms with E-state index >= 15 is 0 Å². The second-order valence-corrected chi connectivity index (χ2v) is 6.57. The van der Waals surface area contributed by atoms with Crippen LogP contribution < -0.4 is 25.0 Å². The van der Waals surface area contributed by atoms with E-state index in [1.165, 1.54) is 24.9 Å². The van der Waals surface area contributed by atoms with E-state index < -0.39 is 0 Å². The Balaban J connectivity index is 1.51. The molecule has 0 radical (unpaired) electrons. The largest absolute Gasteiger partial charge is 0.493 e. The van der Waals surface area contributed by atoms with Gasteiger partial charge in [0.25, 0.3) is 0 Å². The maximum absolute atomic E-state index is 12.2. The molecule has 1 aliphatic heterocycles. The number of piperidine rings is 1. The second kappa shape index (κ2) is 9.16. The van der Waals surface area contributed by atoms with Crippen LogP contribution in [0.1, 0.15) is 19.3 Å². The van der Waals surface area contributed by atoms with Gasteiger partial charge in [-0.2, -0.15) is 0 Å². The minimum absolute atomic E-state index is 0.101. The lowest BCUT2D eigenvalue weighted by Gasteiger charge is -2.28. The number of carbonyl (C=O) groups excluding carboxylic acids is 1. The topological polar surface area (TPSA) is 62.8 Å². The highest BCUT2D eigenvalue weighted by molar-refractivity contribution is 5.93. The molecule has 6 nitrogen and oxygen atoms in total. The Morgan fingerprint density at radius 1 is 0.926 bits per heavy atom. The first-order chi connectivity index (χ1) is 13.2. The minimum atomic E-state index is -0.101. The van der Waals surface area contributed by atoms with Crippen molar-refractivity contribution in [2.24, 2.45) is 0 Å². The van der Waals surface area contributed by atoms with Crippen LogP contribution in [0, 0.1) is 0 Å².